The second kappa shape index (κ2) is 5.36. The van der Waals surface area contributed by atoms with E-state index in [4.69, 9.17) is 9.84 Å². The lowest BCUT2D eigenvalue weighted by atomic mass is 9.77. The first-order valence-corrected chi connectivity index (χ1v) is 6.83. The minimum atomic E-state index is -1.04. The lowest BCUT2D eigenvalue weighted by Gasteiger charge is -2.39. The van der Waals surface area contributed by atoms with E-state index in [0.29, 0.717) is 19.4 Å². The Bertz CT molecular complexity index is 360. The molecule has 1 saturated heterocycles. The molecule has 0 radical (unpaired) electrons. The Morgan fingerprint density at radius 1 is 1.21 bits per heavy atom. The number of hydrogen-bond acceptors (Lipinski definition) is 3. The summed E-state index contributed by atoms with van der Waals surface area (Å²) in [6.07, 6.45) is 3.71. The summed E-state index contributed by atoms with van der Waals surface area (Å²) >= 11 is 0. The van der Waals surface area contributed by atoms with Gasteiger partial charge in [-0.15, -0.1) is 0 Å². The molecule has 0 aromatic rings. The summed E-state index contributed by atoms with van der Waals surface area (Å²) in [5.41, 5.74) is -0.994. The van der Waals surface area contributed by atoms with Crippen molar-refractivity contribution in [1.29, 1.82) is 0 Å². The van der Waals surface area contributed by atoms with Gasteiger partial charge in [-0.1, -0.05) is 6.92 Å². The molecule has 2 fully saturated rings. The molecule has 6 heteroatoms. The van der Waals surface area contributed by atoms with Gasteiger partial charge in [0.1, 0.15) is 5.54 Å². The molecule has 1 aliphatic heterocycles. The molecule has 6 nitrogen and oxygen atoms in total. The maximum Gasteiger partial charge on any atom is 0.329 e. The summed E-state index contributed by atoms with van der Waals surface area (Å²) in [5.74, 6) is -0.939. The summed E-state index contributed by atoms with van der Waals surface area (Å²) in [7, 11) is 0. The van der Waals surface area contributed by atoms with Crippen LogP contribution in [0.2, 0.25) is 0 Å². The highest BCUT2D eigenvalue weighted by Crippen LogP contribution is 2.32. The normalized spacial score (nSPS) is 24.1. The van der Waals surface area contributed by atoms with Crippen molar-refractivity contribution in [3.8, 4) is 0 Å². The summed E-state index contributed by atoms with van der Waals surface area (Å²) in [6, 6.07) is -0.380. The Hall–Kier alpha value is -1.30. The molecule has 3 N–H and O–H groups in total. The average Bonchev–Trinajstić information content (AvgIpc) is 2.32. The van der Waals surface area contributed by atoms with Crippen molar-refractivity contribution in [2.24, 2.45) is 5.41 Å². The molecule has 0 aromatic heterocycles. The minimum absolute atomic E-state index is 0.0472. The Labute approximate surface area is 112 Å². The van der Waals surface area contributed by atoms with E-state index in [1.165, 1.54) is 0 Å². The standard InChI is InChI=1S/C13H22N2O4/c1-12(5-7-19-8-6-12)9-14-11(18)15-13(10(16)17)3-2-4-13/h2-9H2,1H3,(H,16,17)(H2,14,15,18). The number of carbonyl (C=O) groups excluding carboxylic acids is 1. The van der Waals surface area contributed by atoms with E-state index in [-0.39, 0.29) is 11.4 Å². The fraction of sp³-hybridized carbons (Fsp3) is 0.846. The second-order valence-electron chi connectivity index (χ2n) is 5.97. The van der Waals surface area contributed by atoms with Crippen molar-refractivity contribution >= 4 is 12.0 Å². The van der Waals surface area contributed by atoms with Crippen molar-refractivity contribution in [3.05, 3.63) is 0 Å². The first-order chi connectivity index (χ1) is 8.96. The summed E-state index contributed by atoms with van der Waals surface area (Å²) in [6.45, 7) is 4.11. The van der Waals surface area contributed by atoms with Gasteiger partial charge >= 0.3 is 12.0 Å². The van der Waals surface area contributed by atoms with Crippen LogP contribution in [0.3, 0.4) is 0 Å². The maximum atomic E-state index is 11.8. The van der Waals surface area contributed by atoms with Crippen LogP contribution >= 0.6 is 0 Å². The highest BCUT2D eigenvalue weighted by atomic mass is 16.5. The van der Waals surface area contributed by atoms with Gasteiger partial charge < -0.3 is 20.5 Å². The topological polar surface area (TPSA) is 87.7 Å². The van der Waals surface area contributed by atoms with Gasteiger partial charge in [-0.25, -0.2) is 9.59 Å². The van der Waals surface area contributed by atoms with Crippen LogP contribution < -0.4 is 10.6 Å². The Kier molecular flexibility index (Phi) is 3.99. The molecule has 108 valence electrons. The summed E-state index contributed by atoms with van der Waals surface area (Å²) in [4.78, 5) is 23.0. The number of carbonyl (C=O) groups is 2. The van der Waals surface area contributed by atoms with Gasteiger partial charge in [0, 0.05) is 19.8 Å². The van der Waals surface area contributed by atoms with Crippen molar-refractivity contribution in [2.75, 3.05) is 19.8 Å². The number of hydrogen-bond donors (Lipinski definition) is 3. The molecule has 1 saturated carbocycles. The first kappa shape index (κ1) is 14.1. The van der Waals surface area contributed by atoms with Gasteiger partial charge in [0.15, 0.2) is 0 Å². The molecule has 0 spiro atoms. The molecule has 1 heterocycles. The largest absolute Gasteiger partial charge is 0.480 e. The predicted octanol–water partition coefficient (Wildman–Crippen LogP) is 1.11. The molecular weight excluding hydrogens is 248 g/mol. The zero-order valence-corrected chi connectivity index (χ0v) is 11.3. The maximum absolute atomic E-state index is 11.8. The van der Waals surface area contributed by atoms with Crippen LogP contribution in [-0.4, -0.2) is 42.4 Å². The number of amides is 2. The van der Waals surface area contributed by atoms with Gasteiger partial charge in [0.05, 0.1) is 0 Å². The molecule has 2 amide bonds. The number of carboxylic acids is 1. The van der Waals surface area contributed by atoms with Crippen molar-refractivity contribution in [1.82, 2.24) is 10.6 Å². The lowest BCUT2D eigenvalue weighted by Crippen LogP contribution is -2.61. The third-order valence-electron chi connectivity index (χ3n) is 4.34. The zero-order valence-electron chi connectivity index (χ0n) is 11.3. The van der Waals surface area contributed by atoms with E-state index in [0.717, 1.165) is 32.5 Å². The molecule has 1 aliphatic carbocycles. The SMILES string of the molecule is CC1(CNC(=O)NC2(C(=O)O)CCC2)CCOCC1. The van der Waals surface area contributed by atoms with Crippen LogP contribution in [0, 0.1) is 5.41 Å². The summed E-state index contributed by atoms with van der Waals surface area (Å²) in [5, 5.41) is 14.5. The molecule has 0 unspecified atom stereocenters. The second-order valence-corrected chi connectivity index (χ2v) is 5.97. The minimum Gasteiger partial charge on any atom is -0.480 e. The molecule has 0 bridgehead atoms. The lowest BCUT2D eigenvalue weighted by molar-refractivity contribution is -0.148. The van der Waals surface area contributed by atoms with Crippen LogP contribution in [0.15, 0.2) is 0 Å². The number of rotatable bonds is 4. The highest BCUT2D eigenvalue weighted by Gasteiger charge is 2.45. The smallest absolute Gasteiger partial charge is 0.329 e. The number of ether oxygens (including phenoxy) is 1. The van der Waals surface area contributed by atoms with Crippen molar-refractivity contribution < 1.29 is 19.4 Å². The van der Waals surface area contributed by atoms with Crippen molar-refractivity contribution in [3.63, 3.8) is 0 Å². The van der Waals surface area contributed by atoms with Gasteiger partial charge in [0.25, 0.3) is 0 Å². The van der Waals surface area contributed by atoms with Crippen LogP contribution in [0.4, 0.5) is 4.79 Å². The van der Waals surface area contributed by atoms with Crippen LogP contribution in [0.25, 0.3) is 0 Å². The van der Waals surface area contributed by atoms with Crippen LogP contribution in [-0.2, 0) is 9.53 Å². The zero-order chi connectivity index (χ0) is 13.9. The molecule has 2 rings (SSSR count). The van der Waals surface area contributed by atoms with E-state index in [9.17, 15) is 9.59 Å². The molecule has 19 heavy (non-hydrogen) atoms. The van der Waals surface area contributed by atoms with Crippen LogP contribution in [0.1, 0.15) is 39.0 Å². The van der Waals surface area contributed by atoms with E-state index in [1.807, 2.05) is 0 Å². The molecule has 2 aliphatic rings. The summed E-state index contributed by atoms with van der Waals surface area (Å²) < 4.78 is 5.30. The number of carboxylic acid groups (broad SMARTS) is 1. The predicted molar refractivity (Wildman–Crippen MR) is 68.9 cm³/mol. The van der Waals surface area contributed by atoms with E-state index < -0.39 is 11.5 Å². The van der Waals surface area contributed by atoms with Gasteiger partial charge in [-0.3, -0.25) is 0 Å². The fourth-order valence-corrected chi connectivity index (χ4v) is 2.52. The molecule has 0 atom stereocenters. The number of urea groups is 1. The first-order valence-electron chi connectivity index (χ1n) is 6.83. The van der Waals surface area contributed by atoms with E-state index >= 15 is 0 Å². The van der Waals surface area contributed by atoms with Gasteiger partial charge in [0.2, 0.25) is 0 Å². The van der Waals surface area contributed by atoms with Gasteiger partial charge in [-0.2, -0.15) is 0 Å². The molecule has 0 aromatic carbocycles. The van der Waals surface area contributed by atoms with E-state index in [2.05, 4.69) is 17.6 Å². The quantitative estimate of drug-likeness (QED) is 0.714. The van der Waals surface area contributed by atoms with E-state index in [1.54, 1.807) is 0 Å². The average molecular weight is 270 g/mol. The monoisotopic (exact) mass is 270 g/mol. The highest BCUT2D eigenvalue weighted by molar-refractivity contribution is 5.87. The van der Waals surface area contributed by atoms with Crippen molar-refractivity contribution in [2.45, 2.75) is 44.6 Å². The fourth-order valence-electron chi connectivity index (χ4n) is 2.52. The molecular formula is C13H22N2O4. The van der Waals surface area contributed by atoms with Crippen LogP contribution in [0.5, 0.6) is 0 Å². The number of aliphatic carboxylic acids is 1. The Balaban J connectivity index is 1.79. The number of nitrogens with one attached hydrogen (secondary N) is 2. The third kappa shape index (κ3) is 3.18. The third-order valence-corrected chi connectivity index (χ3v) is 4.34. The Morgan fingerprint density at radius 3 is 2.32 bits per heavy atom. The Morgan fingerprint density at radius 2 is 1.84 bits per heavy atom. The van der Waals surface area contributed by atoms with Gasteiger partial charge in [-0.05, 0) is 37.5 Å².